The highest BCUT2D eigenvalue weighted by atomic mass is 15.6. The van der Waals surface area contributed by atoms with Crippen molar-refractivity contribution in [1.82, 2.24) is 4.90 Å². The summed E-state index contributed by atoms with van der Waals surface area (Å²) in [7, 11) is 0. The van der Waals surface area contributed by atoms with E-state index >= 15 is 0 Å². The summed E-state index contributed by atoms with van der Waals surface area (Å²) in [5, 5.41) is 0. The van der Waals surface area contributed by atoms with Gasteiger partial charge in [-0.1, -0.05) is 20.8 Å². The van der Waals surface area contributed by atoms with Gasteiger partial charge in [-0.05, 0) is 25.7 Å². The van der Waals surface area contributed by atoms with Crippen molar-refractivity contribution in [2.75, 3.05) is 0 Å². The predicted molar refractivity (Wildman–Crippen MR) is 47.5 cm³/mol. The van der Waals surface area contributed by atoms with E-state index in [1.54, 1.807) is 0 Å². The lowest BCUT2D eigenvalue weighted by Gasteiger charge is -2.29. The van der Waals surface area contributed by atoms with Gasteiger partial charge in [-0.15, -0.1) is 0 Å². The van der Waals surface area contributed by atoms with Crippen LogP contribution in [0.25, 0.3) is 0 Å². The molecule has 11 heavy (non-hydrogen) atoms. The maximum atomic E-state index is 2.64. The van der Waals surface area contributed by atoms with Crippen LogP contribution in [0.1, 0.15) is 34.6 Å². The molecule has 0 aromatic heterocycles. The van der Waals surface area contributed by atoms with E-state index in [2.05, 4.69) is 39.5 Å². The normalized spacial score (nSPS) is 55.6. The van der Waals surface area contributed by atoms with Crippen molar-refractivity contribution in [3.05, 3.63) is 0 Å². The molecule has 2 aliphatic rings. The fourth-order valence-corrected chi connectivity index (χ4v) is 2.83. The van der Waals surface area contributed by atoms with Gasteiger partial charge in [-0.3, -0.25) is 4.90 Å². The van der Waals surface area contributed by atoms with Crippen molar-refractivity contribution in [3.63, 3.8) is 0 Å². The Labute approximate surface area is 69.8 Å². The molecule has 0 radical (unpaired) electrons. The molecule has 2 saturated heterocycles. The molecule has 0 spiro atoms. The third-order valence-electron chi connectivity index (χ3n) is 4.11. The largest absolute Gasteiger partial charge is 0.285 e. The molecule has 1 nitrogen and oxygen atoms in total. The monoisotopic (exact) mass is 153 g/mol. The summed E-state index contributed by atoms with van der Waals surface area (Å²) < 4.78 is 0. The molecule has 2 fully saturated rings. The summed E-state index contributed by atoms with van der Waals surface area (Å²) in [5.74, 6) is 1.70. The topological polar surface area (TPSA) is 3.01 Å². The van der Waals surface area contributed by atoms with Gasteiger partial charge >= 0.3 is 0 Å². The number of hydrogen-bond donors (Lipinski definition) is 0. The van der Waals surface area contributed by atoms with Crippen LogP contribution in [-0.2, 0) is 0 Å². The zero-order valence-corrected chi connectivity index (χ0v) is 8.26. The van der Waals surface area contributed by atoms with E-state index < -0.39 is 0 Å². The summed E-state index contributed by atoms with van der Waals surface area (Å²) in [6.07, 6.45) is 0. The minimum atomic E-state index is 0.591. The predicted octanol–water partition coefficient (Wildman–Crippen LogP) is 2.12. The lowest BCUT2D eigenvalue weighted by molar-refractivity contribution is 0.235. The molecular formula is C10H19N. The highest BCUT2D eigenvalue weighted by Crippen LogP contribution is 2.64. The van der Waals surface area contributed by atoms with Gasteiger partial charge < -0.3 is 0 Å². The van der Waals surface area contributed by atoms with Crippen molar-refractivity contribution in [1.29, 1.82) is 0 Å². The molecule has 0 aliphatic carbocycles. The van der Waals surface area contributed by atoms with Gasteiger partial charge in [-0.25, -0.2) is 0 Å². The van der Waals surface area contributed by atoms with E-state index in [0.29, 0.717) is 5.54 Å². The van der Waals surface area contributed by atoms with Crippen LogP contribution >= 0.6 is 0 Å². The van der Waals surface area contributed by atoms with Gasteiger partial charge in [0, 0.05) is 17.6 Å². The number of nitrogens with zero attached hydrogens (tertiary/aromatic N) is 1. The SMILES string of the molecule is CC(C)C(C)C1(C)C2C(C)N21. The van der Waals surface area contributed by atoms with Gasteiger partial charge in [0.05, 0.1) is 0 Å². The van der Waals surface area contributed by atoms with Crippen LogP contribution in [0.4, 0.5) is 0 Å². The second kappa shape index (κ2) is 1.82. The molecule has 0 saturated carbocycles. The summed E-state index contributed by atoms with van der Waals surface area (Å²) in [4.78, 5) is 2.64. The average Bonchev–Trinajstić information content (AvgIpc) is 2.76. The Bertz CT molecular complexity index is 175. The Balaban J connectivity index is 1.98. The fraction of sp³-hybridized carbons (Fsp3) is 1.00. The zero-order valence-electron chi connectivity index (χ0n) is 8.26. The molecule has 2 heterocycles. The fourth-order valence-electron chi connectivity index (χ4n) is 2.83. The van der Waals surface area contributed by atoms with Crippen LogP contribution in [0.3, 0.4) is 0 Å². The molecule has 5 unspecified atom stereocenters. The van der Waals surface area contributed by atoms with Crippen molar-refractivity contribution >= 4 is 0 Å². The zero-order chi connectivity index (χ0) is 8.39. The number of rotatable bonds is 2. The first kappa shape index (κ1) is 7.60. The first-order valence-electron chi connectivity index (χ1n) is 4.79. The molecule has 64 valence electrons. The van der Waals surface area contributed by atoms with Crippen LogP contribution < -0.4 is 0 Å². The standard InChI is InChI=1S/C10H19N/c1-6(2)7(3)10(5)9-8(4)11(9)10/h6-9H,1-5H3. The Morgan fingerprint density at radius 2 is 1.73 bits per heavy atom. The molecule has 0 amide bonds. The molecule has 1 heteroatoms. The maximum absolute atomic E-state index is 2.64. The summed E-state index contributed by atoms with van der Waals surface area (Å²) in [6, 6.07) is 1.85. The third kappa shape index (κ3) is 0.703. The van der Waals surface area contributed by atoms with Gasteiger partial charge in [0.25, 0.3) is 0 Å². The molecule has 0 aromatic carbocycles. The van der Waals surface area contributed by atoms with E-state index in [4.69, 9.17) is 0 Å². The first-order valence-corrected chi connectivity index (χ1v) is 4.79. The molecule has 2 rings (SSSR count). The van der Waals surface area contributed by atoms with Crippen LogP contribution in [-0.4, -0.2) is 22.5 Å². The van der Waals surface area contributed by atoms with Gasteiger partial charge in [0.1, 0.15) is 0 Å². The van der Waals surface area contributed by atoms with Gasteiger partial charge in [0.2, 0.25) is 0 Å². The first-order chi connectivity index (χ1) is 5.01. The minimum absolute atomic E-state index is 0.591. The molecular weight excluding hydrogens is 134 g/mol. The van der Waals surface area contributed by atoms with E-state index in [1.807, 2.05) is 0 Å². The van der Waals surface area contributed by atoms with E-state index in [0.717, 1.165) is 23.9 Å². The van der Waals surface area contributed by atoms with Gasteiger partial charge in [-0.2, -0.15) is 0 Å². The van der Waals surface area contributed by atoms with E-state index in [9.17, 15) is 0 Å². The molecule has 2 aliphatic heterocycles. The number of hydrogen-bond acceptors (Lipinski definition) is 1. The molecule has 0 N–H and O–H groups in total. The number of fused-ring (bicyclic) bond motifs is 1. The van der Waals surface area contributed by atoms with Crippen LogP contribution in [0.5, 0.6) is 0 Å². The van der Waals surface area contributed by atoms with Crippen LogP contribution in [0.15, 0.2) is 0 Å². The van der Waals surface area contributed by atoms with Crippen molar-refractivity contribution < 1.29 is 0 Å². The maximum Gasteiger partial charge on any atom is 0.0443 e. The molecule has 0 aromatic rings. The van der Waals surface area contributed by atoms with Crippen LogP contribution in [0, 0.1) is 11.8 Å². The van der Waals surface area contributed by atoms with E-state index in [1.165, 1.54) is 0 Å². The lowest BCUT2D eigenvalue weighted by Crippen LogP contribution is -2.37. The minimum Gasteiger partial charge on any atom is -0.285 e. The second-order valence-corrected chi connectivity index (χ2v) is 4.85. The molecule has 5 atom stereocenters. The highest BCUT2D eigenvalue weighted by Gasteiger charge is 2.78. The summed E-state index contributed by atoms with van der Waals surface area (Å²) >= 11 is 0. The van der Waals surface area contributed by atoms with E-state index in [-0.39, 0.29) is 0 Å². The smallest absolute Gasteiger partial charge is 0.0443 e. The van der Waals surface area contributed by atoms with Crippen molar-refractivity contribution in [3.8, 4) is 0 Å². The Hall–Kier alpha value is -0.0400. The van der Waals surface area contributed by atoms with Crippen molar-refractivity contribution in [2.45, 2.75) is 52.2 Å². The average molecular weight is 153 g/mol. The Morgan fingerprint density at radius 1 is 1.27 bits per heavy atom. The summed E-state index contributed by atoms with van der Waals surface area (Å²) in [6.45, 7) is 11.8. The third-order valence-corrected chi connectivity index (χ3v) is 4.11. The van der Waals surface area contributed by atoms with Crippen LogP contribution in [0.2, 0.25) is 0 Å². The lowest BCUT2D eigenvalue weighted by atomic mass is 9.80. The molecule has 0 bridgehead atoms. The van der Waals surface area contributed by atoms with Gasteiger partial charge in [0.15, 0.2) is 0 Å². The second-order valence-electron chi connectivity index (χ2n) is 4.85. The highest BCUT2D eigenvalue weighted by molar-refractivity contribution is 5.35. The summed E-state index contributed by atoms with van der Waals surface area (Å²) in [5.41, 5.74) is 0.591. The van der Waals surface area contributed by atoms with Crippen molar-refractivity contribution in [2.24, 2.45) is 11.8 Å². The quantitative estimate of drug-likeness (QED) is 0.549. The Kier molecular flexibility index (Phi) is 1.26. The Morgan fingerprint density at radius 3 is 2.00 bits per heavy atom.